The largest absolute Gasteiger partial charge is 0.462 e. The number of allylic oxidation sites excluding steroid dienone is 6. The third-order valence-corrected chi connectivity index (χ3v) is 12.0. The molecule has 0 aliphatic carbocycles. The van der Waals surface area contributed by atoms with Crippen LogP contribution in [0.2, 0.25) is 0 Å². The Balaban J connectivity index is 2.28. The number of carbonyl (C=O) groups excluding carboxylic acids is 2. The summed E-state index contributed by atoms with van der Waals surface area (Å²) in [5, 5.41) is 40.2. The molecule has 1 heterocycles. The Bertz CT molecular complexity index is 1120. The lowest BCUT2D eigenvalue weighted by Gasteiger charge is -2.39. The second-order valence-electron chi connectivity index (χ2n) is 18.0. The van der Waals surface area contributed by atoms with Gasteiger partial charge < -0.3 is 39.4 Å². The number of unbranched alkanes of at least 4 members (excludes halogenated alkanes) is 27. The number of aliphatic hydroxyl groups excluding tert-OH is 4. The van der Waals surface area contributed by atoms with Crippen molar-refractivity contribution in [1.82, 2.24) is 0 Å². The summed E-state index contributed by atoms with van der Waals surface area (Å²) in [6.07, 6.45) is 44.5. The molecule has 10 heteroatoms. The summed E-state index contributed by atoms with van der Waals surface area (Å²) >= 11 is 0. The van der Waals surface area contributed by atoms with E-state index >= 15 is 0 Å². The molecule has 1 saturated heterocycles. The molecule has 1 aliphatic rings. The minimum absolute atomic E-state index is 0.169. The molecule has 0 spiro atoms. The summed E-state index contributed by atoms with van der Waals surface area (Å²) in [4.78, 5) is 25.4. The summed E-state index contributed by atoms with van der Waals surface area (Å²) in [5.74, 6) is -0.859. The molecule has 1 fully saturated rings. The van der Waals surface area contributed by atoms with Gasteiger partial charge in [-0.1, -0.05) is 185 Å². The van der Waals surface area contributed by atoms with E-state index in [2.05, 4.69) is 50.3 Å². The quantitative estimate of drug-likeness (QED) is 0.0264. The summed E-state index contributed by atoms with van der Waals surface area (Å²) < 4.78 is 22.2. The van der Waals surface area contributed by atoms with E-state index in [9.17, 15) is 30.0 Å². The zero-order chi connectivity index (χ0) is 45.9. The second kappa shape index (κ2) is 43.8. The normalized spacial score (nSPS) is 19.7. The van der Waals surface area contributed by atoms with E-state index in [-0.39, 0.29) is 26.1 Å². The Morgan fingerprint density at radius 2 is 0.873 bits per heavy atom. The van der Waals surface area contributed by atoms with Crippen LogP contribution < -0.4 is 0 Å². The van der Waals surface area contributed by atoms with E-state index in [1.165, 1.54) is 135 Å². The molecule has 0 aromatic heterocycles. The summed E-state index contributed by atoms with van der Waals surface area (Å²) in [7, 11) is 0. The molecule has 0 aromatic rings. The molecule has 63 heavy (non-hydrogen) atoms. The Morgan fingerprint density at radius 1 is 0.476 bits per heavy atom. The first-order chi connectivity index (χ1) is 30.8. The highest BCUT2D eigenvalue weighted by molar-refractivity contribution is 5.70. The number of aliphatic hydroxyl groups is 4. The van der Waals surface area contributed by atoms with Crippen molar-refractivity contribution in [2.45, 2.75) is 269 Å². The topological polar surface area (TPSA) is 152 Å². The Labute approximate surface area is 385 Å². The predicted molar refractivity (Wildman–Crippen MR) is 256 cm³/mol. The standard InChI is InChI=1S/C53H96O10/c1-3-5-7-9-11-13-15-17-19-20-21-22-23-24-25-26-28-30-32-34-36-38-40-42-49(56)62-46(45-61-53-52(59)51(58)50(57)47(43-54)63-53)44-60-48(55)41-39-37-35-33-31-29-27-18-16-14-12-10-8-6-4-2/h18,26-28,34,36,46-47,50-54,57-59H,3-17,19-25,29-33,35,37-45H2,1-2H3/b27-18+,28-26+,36-34+/t46-,47-,50+,51?,52?,53-/m1/s1. The minimum Gasteiger partial charge on any atom is -0.462 e. The monoisotopic (exact) mass is 893 g/mol. The van der Waals surface area contributed by atoms with Crippen LogP contribution in [0.4, 0.5) is 0 Å². The van der Waals surface area contributed by atoms with E-state index in [1.807, 2.05) is 0 Å². The van der Waals surface area contributed by atoms with Crippen LogP contribution in [0.25, 0.3) is 0 Å². The van der Waals surface area contributed by atoms with Gasteiger partial charge in [0, 0.05) is 12.8 Å². The number of carbonyl (C=O) groups is 2. The van der Waals surface area contributed by atoms with Crippen LogP contribution >= 0.6 is 0 Å². The molecule has 0 bridgehead atoms. The van der Waals surface area contributed by atoms with Gasteiger partial charge >= 0.3 is 11.9 Å². The van der Waals surface area contributed by atoms with E-state index in [0.29, 0.717) is 12.8 Å². The zero-order valence-corrected chi connectivity index (χ0v) is 40.3. The van der Waals surface area contributed by atoms with E-state index in [1.54, 1.807) is 0 Å². The van der Waals surface area contributed by atoms with Gasteiger partial charge in [0.05, 0.1) is 13.2 Å². The summed E-state index contributed by atoms with van der Waals surface area (Å²) in [6, 6.07) is 0. The van der Waals surface area contributed by atoms with Gasteiger partial charge in [0.15, 0.2) is 12.4 Å². The van der Waals surface area contributed by atoms with Crippen LogP contribution in [-0.4, -0.2) is 89.0 Å². The van der Waals surface area contributed by atoms with E-state index in [0.717, 1.165) is 57.8 Å². The maximum atomic E-state index is 12.8. The van der Waals surface area contributed by atoms with Crippen LogP contribution in [0.15, 0.2) is 36.5 Å². The fourth-order valence-corrected chi connectivity index (χ4v) is 7.85. The van der Waals surface area contributed by atoms with Crippen molar-refractivity contribution >= 4 is 11.9 Å². The number of ether oxygens (including phenoxy) is 4. The average Bonchev–Trinajstić information content (AvgIpc) is 3.28. The van der Waals surface area contributed by atoms with Crippen LogP contribution in [-0.2, 0) is 28.5 Å². The van der Waals surface area contributed by atoms with Crippen molar-refractivity contribution in [3.8, 4) is 0 Å². The third kappa shape index (κ3) is 34.9. The van der Waals surface area contributed by atoms with Gasteiger partial charge in [-0.05, 0) is 70.6 Å². The SMILES string of the molecule is CCCCCCCC/C=C/CCCCCCCC(=O)OC[C@H](CO[C@@H]1O[C@H](CO)[C@H](O)C(O)C1O)OC(=O)CCC/C=C/CC/C=C/CCCCCCCCCCCCCCCC. The van der Waals surface area contributed by atoms with Crippen LogP contribution in [0, 0.1) is 0 Å². The third-order valence-electron chi connectivity index (χ3n) is 12.0. The molecule has 4 N–H and O–H groups in total. The Morgan fingerprint density at radius 3 is 1.33 bits per heavy atom. The smallest absolute Gasteiger partial charge is 0.306 e. The van der Waals surface area contributed by atoms with Crippen LogP contribution in [0.3, 0.4) is 0 Å². The molecular formula is C53H96O10. The number of hydrogen-bond donors (Lipinski definition) is 4. The first-order valence-corrected chi connectivity index (χ1v) is 26.1. The minimum atomic E-state index is -1.60. The predicted octanol–water partition coefficient (Wildman–Crippen LogP) is 12.2. The van der Waals surface area contributed by atoms with Gasteiger partial charge in [-0.25, -0.2) is 0 Å². The molecule has 10 nitrogen and oxygen atoms in total. The van der Waals surface area contributed by atoms with Crippen molar-refractivity contribution in [3.63, 3.8) is 0 Å². The fourth-order valence-electron chi connectivity index (χ4n) is 7.85. The molecule has 0 radical (unpaired) electrons. The van der Waals surface area contributed by atoms with Crippen molar-refractivity contribution in [2.24, 2.45) is 0 Å². The van der Waals surface area contributed by atoms with Gasteiger partial charge in [0.25, 0.3) is 0 Å². The first kappa shape index (κ1) is 58.9. The average molecular weight is 893 g/mol. The van der Waals surface area contributed by atoms with E-state index in [4.69, 9.17) is 18.9 Å². The van der Waals surface area contributed by atoms with Crippen molar-refractivity contribution in [1.29, 1.82) is 0 Å². The Kier molecular flexibility index (Phi) is 41.0. The molecule has 0 saturated carbocycles. The van der Waals surface area contributed by atoms with Crippen molar-refractivity contribution < 1.29 is 49.0 Å². The Hall–Kier alpha value is -2.08. The van der Waals surface area contributed by atoms with Crippen LogP contribution in [0.5, 0.6) is 0 Å². The second-order valence-corrected chi connectivity index (χ2v) is 18.0. The van der Waals surface area contributed by atoms with Gasteiger partial charge in [-0.15, -0.1) is 0 Å². The molecule has 1 aliphatic heterocycles. The van der Waals surface area contributed by atoms with Gasteiger partial charge in [0.1, 0.15) is 31.0 Å². The van der Waals surface area contributed by atoms with Gasteiger partial charge in [-0.2, -0.15) is 0 Å². The highest BCUT2D eigenvalue weighted by Gasteiger charge is 2.44. The maximum Gasteiger partial charge on any atom is 0.306 e. The highest BCUT2D eigenvalue weighted by atomic mass is 16.7. The molecule has 0 amide bonds. The lowest BCUT2D eigenvalue weighted by Crippen LogP contribution is -2.59. The molecule has 1 rings (SSSR count). The van der Waals surface area contributed by atoms with Crippen molar-refractivity contribution in [3.05, 3.63) is 36.5 Å². The molecular weight excluding hydrogens is 797 g/mol. The number of rotatable bonds is 44. The summed E-state index contributed by atoms with van der Waals surface area (Å²) in [6.45, 7) is 3.40. The number of hydrogen-bond acceptors (Lipinski definition) is 10. The lowest BCUT2D eigenvalue weighted by molar-refractivity contribution is -0.305. The zero-order valence-electron chi connectivity index (χ0n) is 40.3. The fraction of sp³-hybridized carbons (Fsp3) is 0.849. The van der Waals surface area contributed by atoms with Crippen LogP contribution in [0.1, 0.15) is 232 Å². The molecule has 0 aromatic carbocycles. The van der Waals surface area contributed by atoms with E-state index < -0.39 is 55.4 Å². The van der Waals surface area contributed by atoms with Gasteiger partial charge in [0.2, 0.25) is 0 Å². The summed E-state index contributed by atoms with van der Waals surface area (Å²) in [5.41, 5.74) is 0. The molecule has 2 unspecified atom stereocenters. The number of esters is 2. The first-order valence-electron chi connectivity index (χ1n) is 26.1. The molecule has 368 valence electrons. The lowest BCUT2D eigenvalue weighted by atomic mass is 9.99. The van der Waals surface area contributed by atoms with Gasteiger partial charge in [-0.3, -0.25) is 9.59 Å². The maximum absolute atomic E-state index is 12.8. The van der Waals surface area contributed by atoms with Crippen molar-refractivity contribution in [2.75, 3.05) is 19.8 Å². The molecule has 6 atom stereocenters. The highest BCUT2D eigenvalue weighted by Crippen LogP contribution is 2.23.